The molecule has 0 amide bonds. The minimum absolute atomic E-state index is 0.637. The number of aryl methyl sites for hydroxylation is 2. The van der Waals surface area contributed by atoms with Crippen LogP contribution in [0.15, 0.2) is 36.7 Å². The van der Waals surface area contributed by atoms with Gasteiger partial charge < -0.3 is 5.32 Å². The van der Waals surface area contributed by atoms with E-state index in [0.29, 0.717) is 6.04 Å². The fourth-order valence-corrected chi connectivity index (χ4v) is 3.47. The van der Waals surface area contributed by atoms with Crippen molar-refractivity contribution < 1.29 is 0 Å². The lowest BCUT2D eigenvalue weighted by molar-refractivity contribution is 0.153. The molecule has 1 saturated heterocycles. The number of hydrogen-bond donors (Lipinski definition) is 1. The zero-order valence-corrected chi connectivity index (χ0v) is 14.8. The van der Waals surface area contributed by atoms with E-state index in [1.54, 1.807) is 0 Å². The van der Waals surface area contributed by atoms with Crippen molar-refractivity contribution in [1.82, 2.24) is 20.2 Å². The molecule has 0 radical (unpaired) electrons. The molecule has 0 spiro atoms. The van der Waals surface area contributed by atoms with Gasteiger partial charge in [-0.05, 0) is 63.0 Å². The molecule has 1 aliphatic heterocycles. The Kier molecular flexibility index (Phi) is 5.94. The first-order valence-corrected chi connectivity index (χ1v) is 8.99. The molecule has 0 atom stereocenters. The van der Waals surface area contributed by atoms with Gasteiger partial charge in [-0.3, -0.25) is 14.9 Å². The van der Waals surface area contributed by atoms with Crippen LogP contribution in [0.3, 0.4) is 0 Å². The number of pyridine rings is 2. The van der Waals surface area contributed by atoms with Gasteiger partial charge in [0.15, 0.2) is 0 Å². The summed E-state index contributed by atoms with van der Waals surface area (Å²) in [6.45, 7) is 8.49. The highest BCUT2D eigenvalue weighted by Crippen LogP contribution is 2.18. The molecular formula is C20H28N4. The van der Waals surface area contributed by atoms with Crippen LogP contribution in [0.5, 0.6) is 0 Å². The predicted octanol–water partition coefficient (Wildman–Crippen LogP) is 2.89. The summed E-state index contributed by atoms with van der Waals surface area (Å²) in [6.07, 6.45) is 7.30. The summed E-state index contributed by atoms with van der Waals surface area (Å²) >= 11 is 0. The highest BCUT2D eigenvalue weighted by molar-refractivity contribution is 5.23. The van der Waals surface area contributed by atoms with Gasteiger partial charge in [0.1, 0.15) is 0 Å². The zero-order valence-electron chi connectivity index (χ0n) is 14.8. The Morgan fingerprint density at radius 1 is 1.17 bits per heavy atom. The third-order valence-electron chi connectivity index (χ3n) is 4.88. The van der Waals surface area contributed by atoms with Crippen LogP contribution >= 0.6 is 0 Å². The van der Waals surface area contributed by atoms with Crippen molar-refractivity contribution in [3.63, 3.8) is 0 Å². The molecule has 3 heterocycles. The Bertz CT molecular complexity index is 635. The maximum Gasteiger partial charge on any atom is 0.0573 e. The minimum atomic E-state index is 0.637. The summed E-state index contributed by atoms with van der Waals surface area (Å²) in [5.41, 5.74) is 4.91. The Balaban J connectivity index is 1.71. The van der Waals surface area contributed by atoms with Crippen molar-refractivity contribution in [1.29, 1.82) is 0 Å². The van der Waals surface area contributed by atoms with Crippen molar-refractivity contribution in [2.45, 2.75) is 45.7 Å². The molecule has 2 aromatic rings. The van der Waals surface area contributed by atoms with Crippen LogP contribution in [0.25, 0.3) is 0 Å². The van der Waals surface area contributed by atoms with Crippen molar-refractivity contribution in [2.75, 3.05) is 19.6 Å². The van der Waals surface area contributed by atoms with E-state index in [1.807, 2.05) is 18.5 Å². The van der Waals surface area contributed by atoms with Gasteiger partial charge in [0.2, 0.25) is 0 Å². The molecule has 3 rings (SSSR count). The Morgan fingerprint density at radius 2 is 2.00 bits per heavy atom. The number of hydrogen-bond acceptors (Lipinski definition) is 4. The zero-order chi connectivity index (χ0) is 16.8. The lowest BCUT2D eigenvalue weighted by Gasteiger charge is -2.34. The second-order valence-corrected chi connectivity index (χ2v) is 6.80. The number of rotatable bonds is 6. The van der Waals surface area contributed by atoms with Gasteiger partial charge in [-0.1, -0.05) is 12.1 Å². The number of piperidine rings is 1. The largest absolute Gasteiger partial charge is 0.317 e. The van der Waals surface area contributed by atoms with Crippen molar-refractivity contribution in [2.24, 2.45) is 0 Å². The average molecular weight is 324 g/mol. The summed E-state index contributed by atoms with van der Waals surface area (Å²) in [4.78, 5) is 11.8. The molecule has 1 fully saturated rings. The topological polar surface area (TPSA) is 41.1 Å². The van der Waals surface area contributed by atoms with Crippen molar-refractivity contribution in [3.8, 4) is 0 Å². The van der Waals surface area contributed by atoms with Gasteiger partial charge in [-0.25, -0.2) is 0 Å². The Labute approximate surface area is 145 Å². The van der Waals surface area contributed by atoms with E-state index >= 15 is 0 Å². The van der Waals surface area contributed by atoms with Crippen LogP contribution in [0.2, 0.25) is 0 Å². The standard InChI is InChI=1S/C20H28N4/c1-16-13-17(2)20(23-14-16)15-24(19-6-10-21-11-7-19)12-8-18-5-3-4-9-22-18/h3-5,9,13-14,19,21H,6-8,10-12,15H2,1-2H3. The van der Waals surface area contributed by atoms with Gasteiger partial charge in [0.05, 0.1) is 5.69 Å². The fourth-order valence-electron chi connectivity index (χ4n) is 3.47. The van der Waals surface area contributed by atoms with Gasteiger partial charge in [0.25, 0.3) is 0 Å². The van der Waals surface area contributed by atoms with Crippen LogP contribution in [0.1, 0.15) is 35.4 Å². The first kappa shape index (κ1) is 17.1. The molecule has 0 saturated carbocycles. The summed E-state index contributed by atoms with van der Waals surface area (Å²) in [7, 11) is 0. The smallest absolute Gasteiger partial charge is 0.0573 e. The molecule has 0 bridgehead atoms. The molecule has 4 heteroatoms. The van der Waals surface area contributed by atoms with E-state index in [1.165, 1.54) is 35.4 Å². The first-order valence-electron chi connectivity index (χ1n) is 8.99. The van der Waals surface area contributed by atoms with Crippen LogP contribution < -0.4 is 5.32 Å². The molecule has 0 aliphatic carbocycles. The fraction of sp³-hybridized carbons (Fsp3) is 0.500. The molecule has 1 aliphatic rings. The lowest BCUT2D eigenvalue weighted by atomic mass is 10.0. The molecule has 128 valence electrons. The highest BCUT2D eigenvalue weighted by Gasteiger charge is 2.22. The number of aromatic nitrogens is 2. The maximum absolute atomic E-state index is 4.69. The number of nitrogens with zero attached hydrogens (tertiary/aromatic N) is 3. The van der Waals surface area contributed by atoms with Crippen LogP contribution in [0, 0.1) is 13.8 Å². The van der Waals surface area contributed by atoms with Crippen LogP contribution in [-0.2, 0) is 13.0 Å². The van der Waals surface area contributed by atoms with Gasteiger partial charge >= 0.3 is 0 Å². The van der Waals surface area contributed by atoms with E-state index in [2.05, 4.69) is 47.2 Å². The maximum atomic E-state index is 4.69. The summed E-state index contributed by atoms with van der Waals surface area (Å²) in [5, 5.41) is 3.47. The van der Waals surface area contributed by atoms with Gasteiger partial charge in [-0.2, -0.15) is 0 Å². The predicted molar refractivity (Wildman–Crippen MR) is 98.0 cm³/mol. The van der Waals surface area contributed by atoms with Gasteiger partial charge in [0, 0.05) is 43.6 Å². The van der Waals surface area contributed by atoms with Gasteiger partial charge in [-0.15, -0.1) is 0 Å². The van der Waals surface area contributed by atoms with Crippen LogP contribution in [0.4, 0.5) is 0 Å². The molecule has 24 heavy (non-hydrogen) atoms. The van der Waals surface area contributed by atoms with Crippen LogP contribution in [-0.4, -0.2) is 40.5 Å². The Hall–Kier alpha value is -1.78. The number of nitrogens with one attached hydrogen (secondary N) is 1. The quantitative estimate of drug-likeness (QED) is 0.887. The molecule has 0 aromatic carbocycles. The lowest BCUT2D eigenvalue weighted by Crippen LogP contribution is -2.43. The monoisotopic (exact) mass is 324 g/mol. The summed E-state index contributed by atoms with van der Waals surface area (Å²) in [5.74, 6) is 0. The Morgan fingerprint density at radius 3 is 2.71 bits per heavy atom. The molecule has 4 nitrogen and oxygen atoms in total. The molecular weight excluding hydrogens is 296 g/mol. The van der Waals surface area contributed by atoms with E-state index in [-0.39, 0.29) is 0 Å². The van der Waals surface area contributed by atoms with E-state index in [4.69, 9.17) is 4.98 Å². The minimum Gasteiger partial charge on any atom is -0.317 e. The first-order chi connectivity index (χ1) is 11.7. The molecule has 1 N–H and O–H groups in total. The van der Waals surface area contributed by atoms with Crippen molar-refractivity contribution in [3.05, 3.63) is 59.2 Å². The third kappa shape index (κ3) is 4.62. The average Bonchev–Trinajstić information content (AvgIpc) is 2.62. The van der Waals surface area contributed by atoms with E-state index in [0.717, 1.165) is 32.6 Å². The second kappa shape index (κ2) is 8.36. The SMILES string of the molecule is Cc1cnc(CN(CCc2ccccn2)C2CCNCC2)c(C)c1. The van der Waals surface area contributed by atoms with E-state index < -0.39 is 0 Å². The highest BCUT2D eigenvalue weighted by atomic mass is 15.2. The van der Waals surface area contributed by atoms with E-state index in [9.17, 15) is 0 Å². The molecule has 2 aromatic heterocycles. The summed E-state index contributed by atoms with van der Waals surface area (Å²) in [6, 6.07) is 9.05. The second-order valence-electron chi connectivity index (χ2n) is 6.80. The third-order valence-corrected chi connectivity index (χ3v) is 4.88. The molecule has 0 unspecified atom stereocenters. The van der Waals surface area contributed by atoms with Crippen molar-refractivity contribution >= 4 is 0 Å². The summed E-state index contributed by atoms with van der Waals surface area (Å²) < 4.78 is 0. The normalized spacial score (nSPS) is 15.8.